The molecular weight excluding hydrogens is 368 g/mol. The Morgan fingerprint density at radius 1 is 1.26 bits per heavy atom. The van der Waals surface area contributed by atoms with Gasteiger partial charge in [0.25, 0.3) is 5.91 Å². The Bertz CT molecular complexity index is 723. The fraction of sp³-hybridized carbons (Fsp3) is 0.444. The minimum absolute atomic E-state index is 0.0312. The third kappa shape index (κ3) is 5.40. The number of carbonyl (C=O) groups is 3. The lowest BCUT2D eigenvalue weighted by atomic mass is 10.1. The van der Waals surface area contributed by atoms with E-state index in [1.165, 1.54) is 11.8 Å². The van der Waals surface area contributed by atoms with Crippen LogP contribution in [0.3, 0.4) is 0 Å². The number of amides is 3. The molecule has 0 aliphatic carbocycles. The number of benzene rings is 1. The van der Waals surface area contributed by atoms with Gasteiger partial charge in [0.1, 0.15) is 11.8 Å². The third-order valence-electron chi connectivity index (χ3n) is 4.08. The van der Waals surface area contributed by atoms with Crippen LogP contribution in [-0.4, -0.2) is 65.4 Å². The summed E-state index contributed by atoms with van der Waals surface area (Å²) in [5.74, 6) is 0.0342. The van der Waals surface area contributed by atoms with Crippen LogP contribution >= 0.6 is 12.2 Å². The molecule has 1 unspecified atom stereocenters. The van der Waals surface area contributed by atoms with Gasteiger partial charge in [0, 0.05) is 32.7 Å². The van der Waals surface area contributed by atoms with Crippen LogP contribution in [0.25, 0.3) is 0 Å². The quantitative estimate of drug-likeness (QED) is 0.641. The Labute approximate surface area is 163 Å². The van der Waals surface area contributed by atoms with Gasteiger partial charge in [-0.15, -0.1) is 0 Å². The molecule has 1 heterocycles. The van der Waals surface area contributed by atoms with Crippen molar-refractivity contribution in [3.05, 3.63) is 24.3 Å². The smallest absolute Gasteiger partial charge is 0.251 e. The highest BCUT2D eigenvalue weighted by Crippen LogP contribution is 2.20. The Morgan fingerprint density at radius 3 is 2.52 bits per heavy atom. The van der Waals surface area contributed by atoms with Crippen molar-refractivity contribution < 1.29 is 19.1 Å². The summed E-state index contributed by atoms with van der Waals surface area (Å²) in [6, 6.07) is 6.33. The molecule has 0 aromatic heterocycles. The molecule has 9 heteroatoms. The molecule has 1 fully saturated rings. The molecule has 1 saturated heterocycles. The van der Waals surface area contributed by atoms with Crippen LogP contribution in [0, 0.1) is 0 Å². The van der Waals surface area contributed by atoms with Crippen LogP contribution < -0.4 is 15.4 Å². The topological polar surface area (TPSA) is 91.0 Å². The number of nitrogens with zero attached hydrogens (tertiary/aromatic N) is 2. The van der Waals surface area contributed by atoms with Crippen molar-refractivity contribution in [1.82, 2.24) is 15.1 Å². The largest absolute Gasteiger partial charge is 0.494 e. The maximum Gasteiger partial charge on any atom is 0.251 e. The zero-order valence-corrected chi connectivity index (χ0v) is 16.5. The van der Waals surface area contributed by atoms with Crippen LogP contribution in [-0.2, 0) is 14.4 Å². The summed E-state index contributed by atoms with van der Waals surface area (Å²) in [5.41, 5.74) is 0.620. The van der Waals surface area contributed by atoms with E-state index in [1.807, 2.05) is 6.92 Å². The average molecular weight is 392 g/mol. The van der Waals surface area contributed by atoms with Gasteiger partial charge >= 0.3 is 0 Å². The van der Waals surface area contributed by atoms with Crippen molar-refractivity contribution in [2.75, 3.05) is 32.1 Å². The van der Waals surface area contributed by atoms with Crippen molar-refractivity contribution in [3.8, 4) is 5.75 Å². The molecule has 1 aromatic rings. The molecule has 2 N–H and O–H groups in total. The number of rotatable bonds is 8. The summed E-state index contributed by atoms with van der Waals surface area (Å²) in [6.07, 6.45) is -0.0312. The van der Waals surface area contributed by atoms with E-state index in [2.05, 4.69) is 10.6 Å². The number of hydrogen-bond acceptors (Lipinski definition) is 5. The minimum atomic E-state index is -0.682. The van der Waals surface area contributed by atoms with Gasteiger partial charge < -0.3 is 20.3 Å². The van der Waals surface area contributed by atoms with Crippen LogP contribution in [0.4, 0.5) is 5.69 Å². The first kappa shape index (κ1) is 20.6. The number of hydrogen-bond donors (Lipinski definition) is 2. The van der Waals surface area contributed by atoms with E-state index < -0.39 is 6.04 Å². The standard InChI is InChI=1S/C18H24N4O4S/c1-4-26-14-7-5-13(6-8-14)20-16(24)11-15-17(25)21(3)18(27)22(15)10-9-19-12(2)23/h5-8,15H,4,9-11H2,1-3H3,(H,19,23)(H,20,24). The number of nitrogens with one attached hydrogen (secondary N) is 2. The lowest BCUT2D eigenvalue weighted by molar-refractivity contribution is -0.130. The van der Waals surface area contributed by atoms with E-state index in [1.54, 1.807) is 36.2 Å². The summed E-state index contributed by atoms with van der Waals surface area (Å²) >= 11 is 5.29. The monoisotopic (exact) mass is 392 g/mol. The van der Waals surface area contributed by atoms with Crippen LogP contribution in [0.15, 0.2) is 24.3 Å². The zero-order chi connectivity index (χ0) is 20.0. The van der Waals surface area contributed by atoms with Gasteiger partial charge in [0.2, 0.25) is 11.8 Å². The predicted octanol–water partition coefficient (Wildman–Crippen LogP) is 0.977. The first-order valence-electron chi connectivity index (χ1n) is 8.68. The zero-order valence-electron chi connectivity index (χ0n) is 15.7. The van der Waals surface area contributed by atoms with Crippen molar-refractivity contribution in [2.45, 2.75) is 26.3 Å². The molecule has 2 rings (SSSR count). The van der Waals surface area contributed by atoms with Gasteiger partial charge in [-0.05, 0) is 43.4 Å². The SMILES string of the molecule is CCOc1ccc(NC(=O)CC2C(=O)N(C)C(=S)N2CCNC(C)=O)cc1. The van der Waals surface area contributed by atoms with Crippen molar-refractivity contribution in [1.29, 1.82) is 0 Å². The number of likely N-dealkylation sites (N-methyl/N-ethyl adjacent to an activating group) is 1. The van der Waals surface area contributed by atoms with Crippen LogP contribution in [0.2, 0.25) is 0 Å². The Hall–Kier alpha value is -2.68. The lowest BCUT2D eigenvalue weighted by Crippen LogP contribution is -2.42. The van der Waals surface area contributed by atoms with Crippen LogP contribution in [0.5, 0.6) is 5.75 Å². The highest BCUT2D eigenvalue weighted by molar-refractivity contribution is 7.80. The Morgan fingerprint density at radius 2 is 1.93 bits per heavy atom. The maximum absolute atomic E-state index is 12.4. The van der Waals surface area contributed by atoms with E-state index in [0.717, 1.165) is 5.75 Å². The molecule has 0 saturated carbocycles. The average Bonchev–Trinajstić information content (AvgIpc) is 2.81. The summed E-state index contributed by atoms with van der Waals surface area (Å²) in [4.78, 5) is 38.9. The van der Waals surface area contributed by atoms with Crippen molar-refractivity contribution in [3.63, 3.8) is 0 Å². The highest BCUT2D eigenvalue weighted by atomic mass is 32.1. The second-order valence-electron chi connectivity index (χ2n) is 6.08. The first-order valence-corrected chi connectivity index (χ1v) is 9.09. The number of ether oxygens (including phenoxy) is 1. The summed E-state index contributed by atoms with van der Waals surface area (Å²) < 4.78 is 5.37. The molecule has 1 atom stereocenters. The molecule has 27 heavy (non-hydrogen) atoms. The predicted molar refractivity (Wildman–Crippen MR) is 105 cm³/mol. The maximum atomic E-state index is 12.4. The summed E-state index contributed by atoms with van der Waals surface area (Å²) in [6.45, 7) is 4.58. The normalized spacial score (nSPS) is 16.5. The van der Waals surface area contributed by atoms with Gasteiger partial charge in [-0.3, -0.25) is 19.3 Å². The molecule has 3 amide bonds. The Balaban J connectivity index is 1.98. The fourth-order valence-electron chi connectivity index (χ4n) is 2.77. The van der Waals surface area contributed by atoms with E-state index >= 15 is 0 Å². The molecular formula is C18H24N4O4S. The van der Waals surface area contributed by atoms with E-state index in [9.17, 15) is 14.4 Å². The summed E-state index contributed by atoms with van der Waals surface area (Å²) in [5, 5.41) is 5.80. The van der Waals surface area contributed by atoms with E-state index in [4.69, 9.17) is 17.0 Å². The third-order valence-corrected chi connectivity index (χ3v) is 4.59. The molecule has 8 nitrogen and oxygen atoms in total. The van der Waals surface area contributed by atoms with Gasteiger partial charge in [-0.1, -0.05) is 0 Å². The van der Waals surface area contributed by atoms with Gasteiger partial charge in [0.05, 0.1) is 13.0 Å². The molecule has 1 aliphatic rings. The van der Waals surface area contributed by atoms with Gasteiger partial charge in [-0.2, -0.15) is 0 Å². The number of carbonyl (C=O) groups excluding carboxylic acids is 3. The number of thiocarbonyl (C=S) groups is 1. The molecule has 1 aromatic carbocycles. The van der Waals surface area contributed by atoms with E-state index in [0.29, 0.717) is 30.5 Å². The lowest BCUT2D eigenvalue weighted by Gasteiger charge is -2.23. The van der Waals surface area contributed by atoms with Crippen molar-refractivity contribution in [2.24, 2.45) is 0 Å². The first-order chi connectivity index (χ1) is 12.8. The highest BCUT2D eigenvalue weighted by Gasteiger charge is 2.41. The summed E-state index contributed by atoms with van der Waals surface area (Å²) in [7, 11) is 1.58. The molecule has 0 spiro atoms. The van der Waals surface area contributed by atoms with Crippen LogP contribution in [0.1, 0.15) is 20.3 Å². The van der Waals surface area contributed by atoms with Gasteiger partial charge in [-0.25, -0.2) is 0 Å². The molecule has 0 bridgehead atoms. The van der Waals surface area contributed by atoms with Gasteiger partial charge in [0.15, 0.2) is 5.11 Å². The minimum Gasteiger partial charge on any atom is -0.494 e. The second-order valence-corrected chi connectivity index (χ2v) is 6.45. The molecule has 1 aliphatic heterocycles. The fourth-order valence-corrected chi connectivity index (χ4v) is 3.08. The van der Waals surface area contributed by atoms with Crippen molar-refractivity contribution >= 4 is 40.7 Å². The Kier molecular flexibility index (Phi) is 7.12. The second kappa shape index (κ2) is 9.31. The van der Waals surface area contributed by atoms with E-state index in [-0.39, 0.29) is 24.1 Å². The number of anilines is 1. The molecule has 0 radical (unpaired) electrons. The molecule has 146 valence electrons.